The smallest absolute Gasteiger partial charge is 0.284 e. The largest absolute Gasteiger partial charge is 0.438 e. The number of benzene rings is 2. The zero-order chi connectivity index (χ0) is 13.9. The van der Waals surface area contributed by atoms with E-state index in [0.717, 1.165) is 11.1 Å². The molecule has 0 fully saturated rings. The Kier molecular flexibility index (Phi) is 3.17. The molecule has 0 aliphatic heterocycles. The summed E-state index contributed by atoms with van der Waals surface area (Å²) in [5.41, 5.74) is 2.16. The zero-order valence-corrected chi connectivity index (χ0v) is 11.0. The highest BCUT2D eigenvalue weighted by Crippen LogP contribution is 2.18. The van der Waals surface area contributed by atoms with E-state index in [2.05, 4.69) is 4.98 Å². The summed E-state index contributed by atoms with van der Waals surface area (Å²) in [6, 6.07) is 17.0. The van der Waals surface area contributed by atoms with Gasteiger partial charge in [-0.15, -0.1) is 0 Å². The molecule has 3 aromatic rings. The third-order valence-electron chi connectivity index (χ3n) is 3.05. The Labute approximate surface area is 116 Å². The van der Waals surface area contributed by atoms with E-state index in [0.29, 0.717) is 16.9 Å². The Bertz CT molecular complexity index is 832. The molecular formula is C17H13NO2. The van der Waals surface area contributed by atoms with Crippen LogP contribution >= 0.6 is 0 Å². The highest BCUT2D eigenvalue weighted by atomic mass is 16.3. The van der Waals surface area contributed by atoms with Crippen LogP contribution in [0.1, 0.15) is 18.4 Å². The van der Waals surface area contributed by atoms with Gasteiger partial charge in [0.2, 0.25) is 5.89 Å². The zero-order valence-electron chi connectivity index (χ0n) is 11.0. The maximum Gasteiger partial charge on any atom is 0.284 e. The van der Waals surface area contributed by atoms with Crippen LogP contribution in [0.4, 0.5) is 0 Å². The second-order valence-electron chi connectivity index (χ2n) is 4.56. The highest BCUT2D eigenvalue weighted by Gasteiger charge is 2.07. The standard InChI is InChI=1S/C17H13NO2/c1-12(11-13-7-3-2-4-8-13)17-18-16(19)14-9-5-6-10-15(14)20-17/h2-11H,1H3/b12-11+. The van der Waals surface area contributed by atoms with Crippen LogP contribution in [-0.4, -0.2) is 4.98 Å². The molecule has 20 heavy (non-hydrogen) atoms. The van der Waals surface area contributed by atoms with Gasteiger partial charge >= 0.3 is 0 Å². The van der Waals surface area contributed by atoms with E-state index in [1.54, 1.807) is 18.2 Å². The van der Waals surface area contributed by atoms with Gasteiger partial charge in [0.25, 0.3) is 5.56 Å². The molecule has 0 atom stereocenters. The fourth-order valence-electron chi connectivity index (χ4n) is 2.04. The minimum atomic E-state index is -0.261. The summed E-state index contributed by atoms with van der Waals surface area (Å²) in [6.07, 6.45) is 1.94. The molecule has 0 aliphatic rings. The molecule has 3 nitrogen and oxygen atoms in total. The topological polar surface area (TPSA) is 43.1 Å². The van der Waals surface area contributed by atoms with Crippen LogP contribution in [0.25, 0.3) is 22.6 Å². The lowest BCUT2D eigenvalue weighted by Gasteiger charge is -2.02. The van der Waals surface area contributed by atoms with E-state index in [9.17, 15) is 4.79 Å². The first-order chi connectivity index (χ1) is 9.74. The summed E-state index contributed by atoms with van der Waals surface area (Å²) in [6.45, 7) is 1.88. The molecule has 0 unspecified atom stereocenters. The van der Waals surface area contributed by atoms with Crippen LogP contribution in [0.2, 0.25) is 0 Å². The third kappa shape index (κ3) is 2.38. The van der Waals surface area contributed by atoms with Gasteiger partial charge < -0.3 is 4.42 Å². The average Bonchev–Trinajstić information content (AvgIpc) is 2.48. The van der Waals surface area contributed by atoms with Gasteiger partial charge in [0.15, 0.2) is 0 Å². The minimum Gasteiger partial charge on any atom is -0.438 e. The first kappa shape index (κ1) is 12.4. The Hall–Kier alpha value is -2.68. The molecule has 0 amide bonds. The second kappa shape index (κ2) is 5.13. The summed E-state index contributed by atoms with van der Waals surface area (Å²) >= 11 is 0. The van der Waals surface area contributed by atoms with Gasteiger partial charge in [0, 0.05) is 5.57 Å². The average molecular weight is 263 g/mol. The van der Waals surface area contributed by atoms with Gasteiger partial charge in [0.05, 0.1) is 5.39 Å². The summed E-state index contributed by atoms with van der Waals surface area (Å²) in [5, 5.41) is 0.503. The Morgan fingerprint density at radius 3 is 2.55 bits per heavy atom. The van der Waals surface area contributed by atoms with Crippen LogP contribution in [0, 0.1) is 0 Å². The molecule has 0 saturated heterocycles. The molecule has 0 aliphatic carbocycles. The Balaban J connectivity index is 2.11. The molecule has 0 saturated carbocycles. The van der Waals surface area contributed by atoms with Crippen molar-refractivity contribution in [3.63, 3.8) is 0 Å². The molecule has 0 N–H and O–H groups in total. The van der Waals surface area contributed by atoms with Gasteiger partial charge in [-0.3, -0.25) is 4.79 Å². The van der Waals surface area contributed by atoms with E-state index < -0.39 is 0 Å². The van der Waals surface area contributed by atoms with Crippen molar-refractivity contribution < 1.29 is 4.42 Å². The molecule has 3 rings (SSSR count). The minimum absolute atomic E-state index is 0.261. The molecule has 0 spiro atoms. The van der Waals surface area contributed by atoms with Crippen LogP contribution in [0.15, 0.2) is 63.8 Å². The van der Waals surface area contributed by atoms with Gasteiger partial charge in [0.1, 0.15) is 5.58 Å². The summed E-state index contributed by atoms with van der Waals surface area (Å²) < 4.78 is 5.70. The number of rotatable bonds is 2. The predicted molar refractivity (Wildman–Crippen MR) is 80.3 cm³/mol. The number of hydrogen-bond donors (Lipinski definition) is 0. The van der Waals surface area contributed by atoms with Crippen molar-refractivity contribution >= 4 is 22.6 Å². The molecule has 0 radical (unpaired) electrons. The monoisotopic (exact) mass is 263 g/mol. The summed E-state index contributed by atoms with van der Waals surface area (Å²) in [5.74, 6) is 0.359. The number of hydrogen-bond acceptors (Lipinski definition) is 3. The third-order valence-corrected chi connectivity index (χ3v) is 3.05. The normalized spacial score (nSPS) is 11.8. The first-order valence-electron chi connectivity index (χ1n) is 6.37. The number of para-hydroxylation sites is 1. The molecule has 1 aromatic heterocycles. The van der Waals surface area contributed by atoms with Crippen LogP contribution in [-0.2, 0) is 0 Å². The molecular weight excluding hydrogens is 250 g/mol. The van der Waals surface area contributed by atoms with E-state index in [1.165, 1.54) is 0 Å². The number of nitrogens with zero attached hydrogens (tertiary/aromatic N) is 1. The number of aromatic nitrogens is 1. The fraction of sp³-hybridized carbons (Fsp3) is 0.0588. The fourth-order valence-corrected chi connectivity index (χ4v) is 2.04. The van der Waals surface area contributed by atoms with Crippen molar-refractivity contribution in [2.24, 2.45) is 0 Å². The molecule has 2 aromatic carbocycles. The van der Waals surface area contributed by atoms with Crippen molar-refractivity contribution in [3.05, 3.63) is 76.4 Å². The van der Waals surface area contributed by atoms with Crippen molar-refractivity contribution in [3.8, 4) is 0 Å². The molecule has 1 heterocycles. The van der Waals surface area contributed by atoms with E-state index in [-0.39, 0.29) is 5.56 Å². The Morgan fingerprint density at radius 1 is 1.05 bits per heavy atom. The van der Waals surface area contributed by atoms with Crippen LogP contribution < -0.4 is 5.56 Å². The quantitative estimate of drug-likeness (QED) is 0.707. The summed E-state index contributed by atoms with van der Waals surface area (Å²) in [4.78, 5) is 16.0. The van der Waals surface area contributed by atoms with Crippen LogP contribution in [0.3, 0.4) is 0 Å². The van der Waals surface area contributed by atoms with E-state index in [1.807, 2.05) is 49.4 Å². The van der Waals surface area contributed by atoms with Gasteiger partial charge in [-0.2, -0.15) is 4.98 Å². The first-order valence-corrected chi connectivity index (χ1v) is 6.37. The van der Waals surface area contributed by atoms with Crippen molar-refractivity contribution in [2.75, 3.05) is 0 Å². The highest BCUT2D eigenvalue weighted by molar-refractivity contribution is 5.80. The maximum absolute atomic E-state index is 12.0. The molecule has 0 bridgehead atoms. The van der Waals surface area contributed by atoms with Crippen molar-refractivity contribution in [1.82, 2.24) is 4.98 Å². The number of allylic oxidation sites excluding steroid dienone is 1. The lowest BCUT2D eigenvalue weighted by atomic mass is 10.1. The van der Waals surface area contributed by atoms with Crippen LogP contribution in [0.5, 0.6) is 0 Å². The SMILES string of the molecule is C/C(=C\c1ccccc1)c1nc(=O)c2ccccc2o1. The predicted octanol–water partition coefficient (Wildman–Crippen LogP) is 3.75. The van der Waals surface area contributed by atoms with E-state index >= 15 is 0 Å². The Morgan fingerprint density at radius 2 is 1.75 bits per heavy atom. The van der Waals surface area contributed by atoms with Crippen molar-refractivity contribution in [1.29, 1.82) is 0 Å². The molecule has 98 valence electrons. The van der Waals surface area contributed by atoms with Gasteiger partial charge in [-0.1, -0.05) is 42.5 Å². The molecule has 3 heteroatoms. The second-order valence-corrected chi connectivity index (χ2v) is 4.56. The van der Waals surface area contributed by atoms with E-state index in [4.69, 9.17) is 4.42 Å². The van der Waals surface area contributed by atoms with Gasteiger partial charge in [-0.25, -0.2) is 0 Å². The van der Waals surface area contributed by atoms with Gasteiger partial charge in [-0.05, 0) is 30.7 Å². The maximum atomic E-state index is 12.0. The van der Waals surface area contributed by atoms with Crippen molar-refractivity contribution in [2.45, 2.75) is 6.92 Å². The number of fused-ring (bicyclic) bond motifs is 1. The lowest BCUT2D eigenvalue weighted by molar-refractivity contribution is 0.558. The lowest BCUT2D eigenvalue weighted by Crippen LogP contribution is -2.08. The summed E-state index contributed by atoms with van der Waals surface area (Å²) in [7, 11) is 0.